The molecule has 2 rings (SSSR count). The van der Waals surface area contributed by atoms with Crippen LogP contribution < -0.4 is 5.43 Å². The van der Waals surface area contributed by atoms with E-state index in [1.807, 2.05) is 4.98 Å². The second-order valence-electron chi connectivity index (χ2n) is 4.13. The van der Waals surface area contributed by atoms with Gasteiger partial charge in [-0.05, 0) is 6.07 Å². The fraction of sp³-hybridized carbons (Fsp3) is 0.167. The molecule has 0 atom stereocenters. The van der Waals surface area contributed by atoms with E-state index in [2.05, 4.69) is 4.74 Å². The van der Waals surface area contributed by atoms with Crippen molar-refractivity contribution < 1.29 is 35.9 Å². The number of rotatable bonds is 2. The molecule has 0 aliphatic heterocycles. The minimum Gasteiger partial charge on any atom is -0.452 e. The number of aromatic nitrogens is 1. The van der Waals surface area contributed by atoms with Crippen LogP contribution in [-0.2, 0) is 4.74 Å². The molecule has 0 spiro atoms. The van der Waals surface area contributed by atoms with Crippen LogP contribution in [0.3, 0.4) is 0 Å². The lowest BCUT2D eigenvalue weighted by Crippen LogP contribution is -2.24. The molecule has 0 saturated heterocycles. The van der Waals surface area contributed by atoms with Crippen LogP contribution in [0.4, 0.5) is 26.3 Å². The second kappa shape index (κ2) is 5.35. The number of esters is 1. The zero-order valence-corrected chi connectivity index (χ0v) is 10.4. The summed E-state index contributed by atoms with van der Waals surface area (Å²) in [4.78, 5) is 25.3. The van der Waals surface area contributed by atoms with E-state index in [1.54, 1.807) is 0 Å². The average molecular weight is 325 g/mol. The number of hydrogen-bond acceptors (Lipinski definition) is 3. The van der Waals surface area contributed by atoms with E-state index in [4.69, 9.17) is 0 Å². The Labute approximate surface area is 117 Å². The Hall–Kier alpha value is -2.52. The monoisotopic (exact) mass is 325 g/mol. The molecule has 22 heavy (non-hydrogen) atoms. The maximum absolute atomic E-state index is 13.4. The predicted molar refractivity (Wildman–Crippen MR) is 60.8 cm³/mol. The lowest BCUT2D eigenvalue weighted by Gasteiger charge is -2.08. The topological polar surface area (TPSA) is 59.2 Å². The molecule has 0 unspecified atom stereocenters. The van der Waals surface area contributed by atoms with Gasteiger partial charge in [0.2, 0.25) is 5.43 Å². The zero-order valence-electron chi connectivity index (χ0n) is 10.4. The molecule has 1 heterocycles. The van der Waals surface area contributed by atoms with Crippen molar-refractivity contribution in [3.8, 4) is 0 Å². The first-order valence-corrected chi connectivity index (χ1v) is 5.54. The summed E-state index contributed by atoms with van der Waals surface area (Å²) in [5.74, 6) is -6.85. The quantitative estimate of drug-likeness (QED) is 0.525. The van der Waals surface area contributed by atoms with Crippen LogP contribution in [0, 0.1) is 17.5 Å². The highest BCUT2D eigenvalue weighted by Crippen LogP contribution is 2.20. The van der Waals surface area contributed by atoms with Crippen molar-refractivity contribution in [1.82, 2.24) is 4.98 Å². The Morgan fingerprint density at radius 1 is 1.18 bits per heavy atom. The van der Waals surface area contributed by atoms with Gasteiger partial charge in [-0.1, -0.05) is 0 Å². The predicted octanol–water partition coefficient (Wildman–Crippen LogP) is 2.66. The molecule has 10 heteroatoms. The molecule has 2 aromatic rings. The number of halogens is 6. The van der Waals surface area contributed by atoms with Gasteiger partial charge in [0.05, 0.1) is 10.9 Å². The first-order valence-electron chi connectivity index (χ1n) is 5.54. The van der Waals surface area contributed by atoms with Gasteiger partial charge in [-0.15, -0.1) is 0 Å². The fourth-order valence-electron chi connectivity index (χ4n) is 1.65. The SMILES string of the molecule is O=C(OCC(F)(F)F)c1c[nH]c2c(F)c(F)c(F)cc2c1=O. The molecule has 0 radical (unpaired) electrons. The van der Waals surface area contributed by atoms with Crippen molar-refractivity contribution in [2.45, 2.75) is 6.18 Å². The second-order valence-corrected chi connectivity index (χ2v) is 4.13. The van der Waals surface area contributed by atoms with Gasteiger partial charge in [-0.25, -0.2) is 18.0 Å². The van der Waals surface area contributed by atoms with Crippen molar-refractivity contribution in [1.29, 1.82) is 0 Å². The van der Waals surface area contributed by atoms with Gasteiger partial charge in [0.15, 0.2) is 24.1 Å². The van der Waals surface area contributed by atoms with E-state index in [0.29, 0.717) is 12.3 Å². The summed E-state index contributed by atoms with van der Waals surface area (Å²) in [6.45, 7) is -1.94. The molecule has 1 aromatic carbocycles. The van der Waals surface area contributed by atoms with Gasteiger partial charge < -0.3 is 9.72 Å². The van der Waals surface area contributed by atoms with Crippen LogP contribution in [-0.4, -0.2) is 23.7 Å². The van der Waals surface area contributed by atoms with E-state index in [-0.39, 0.29) is 0 Å². The maximum Gasteiger partial charge on any atom is 0.422 e. The van der Waals surface area contributed by atoms with Gasteiger partial charge in [0.25, 0.3) is 0 Å². The normalized spacial score (nSPS) is 11.7. The highest BCUT2D eigenvalue weighted by Gasteiger charge is 2.30. The molecule has 0 saturated carbocycles. The summed E-state index contributed by atoms with van der Waals surface area (Å²) < 4.78 is 79.2. The van der Waals surface area contributed by atoms with E-state index < -0.39 is 58.1 Å². The summed E-state index contributed by atoms with van der Waals surface area (Å²) in [6, 6.07) is 0.327. The summed E-state index contributed by atoms with van der Waals surface area (Å²) in [5.41, 5.74) is -2.92. The molecular weight excluding hydrogens is 320 g/mol. The average Bonchev–Trinajstić information content (AvgIpc) is 2.43. The largest absolute Gasteiger partial charge is 0.452 e. The first kappa shape index (κ1) is 15.9. The summed E-state index contributed by atoms with van der Waals surface area (Å²) in [7, 11) is 0. The number of benzene rings is 1. The van der Waals surface area contributed by atoms with Gasteiger partial charge >= 0.3 is 12.1 Å². The Balaban J connectivity index is 2.50. The molecule has 0 fully saturated rings. The summed E-state index contributed by atoms with van der Waals surface area (Å²) in [5, 5.41) is -0.738. The summed E-state index contributed by atoms with van der Waals surface area (Å²) >= 11 is 0. The van der Waals surface area contributed by atoms with E-state index in [9.17, 15) is 35.9 Å². The zero-order chi connectivity index (χ0) is 16.7. The molecule has 1 N–H and O–H groups in total. The van der Waals surface area contributed by atoms with Crippen LogP contribution in [0.2, 0.25) is 0 Å². The highest BCUT2D eigenvalue weighted by molar-refractivity contribution is 5.93. The van der Waals surface area contributed by atoms with Crippen molar-refractivity contribution in [2.24, 2.45) is 0 Å². The smallest absolute Gasteiger partial charge is 0.422 e. The molecule has 1 aromatic heterocycles. The van der Waals surface area contributed by atoms with E-state index >= 15 is 0 Å². The van der Waals surface area contributed by atoms with Crippen LogP contribution in [0.15, 0.2) is 17.1 Å². The number of carbonyl (C=O) groups excluding carboxylic acids is 1. The number of nitrogens with one attached hydrogen (secondary N) is 1. The van der Waals surface area contributed by atoms with Crippen molar-refractivity contribution in [2.75, 3.05) is 6.61 Å². The Morgan fingerprint density at radius 2 is 1.82 bits per heavy atom. The number of fused-ring (bicyclic) bond motifs is 1. The minimum atomic E-state index is -4.80. The van der Waals surface area contributed by atoms with Gasteiger partial charge in [0, 0.05) is 6.20 Å². The third-order valence-corrected chi connectivity index (χ3v) is 2.60. The van der Waals surface area contributed by atoms with Gasteiger partial charge in [-0.3, -0.25) is 4.79 Å². The van der Waals surface area contributed by atoms with Crippen molar-refractivity contribution >= 4 is 16.9 Å². The van der Waals surface area contributed by atoms with Gasteiger partial charge in [-0.2, -0.15) is 13.2 Å². The number of carbonyl (C=O) groups is 1. The van der Waals surface area contributed by atoms with Gasteiger partial charge in [0.1, 0.15) is 5.56 Å². The Bertz CT molecular complexity index is 811. The minimum absolute atomic E-state index is 0.327. The van der Waals surface area contributed by atoms with Crippen LogP contribution in [0.25, 0.3) is 10.9 Å². The molecular formula is C12H5F6NO3. The molecule has 0 aliphatic carbocycles. The fourth-order valence-corrected chi connectivity index (χ4v) is 1.65. The molecule has 118 valence electrons. The summed E-state index contributed by atoms with van der Waals surface area (Å²) in [6.07, 6.45) is -4.25. The van der Waals surface area contributed by atoms with E-state index in [0.717, 1.165) is 0 Å². The van der Waals surface area contributed by atoms with Crippen LogP contribution in [0.5, 0.6) is 0 Å². The third kappa shape index (κ3) is 2.90. The number of H-pyrrole nitrogens is 1. The molecule has 0 aliphatic rings. The number of pyridine rings is 1. The standard InChI is InChI=1S/C12H5F6NO3/c13-6-1-4-9(8(15)7(6)14)19-2-5(10(4)20)11(21)22-3-12(16,17)18/h1-2H,3H2,(H,19,20). The number of ether oxygens (including phenoxy) is 1. The number of aromatic amines is 1. The number of hydrogen-bond donors (Lipinski definition) is 1. The lowest BCUT2D eigenvalue weighted by molar-refractivity contribution is -0.161. The van der Waals surface area contributed by atoms with E-state index in [1.165, 1.54) is 0 Å². The van der Waals surface area contributed by atoms with Crippen LogP contribution in [0.1, 0.15) is 10.4 Å². The molecule has 4 nitrogen and oxygen atoms in total. The van der Waals surface area contributed by atoms with Crippen molar-refractivity contribution in [3.05, 3.63) is 45.5 Å². The third-order valence-electron chi connectivity index (χ3n) is 2.60. The van der Waals surface area contributed by atoms with Crippen LogP contribution >= 0.6 is 0 Å². The maximum atomic E-state index is 13.4. The Morgan fingerprint density at radius 3 is 2.41 bits per heavy atom. The van der Waals surface area contributed by atoms with Crippen molar-refractivity contribution in [3.63, 3.8) is 0 Å². The number of alkyl halides is 3. The highest BCUT2D eigenvalue weighted by atomic mass is 19.4. The molecule has 0 amide bonds. The molecule has 0 bridgehead atoms. The first-order chi connectivity index (χ1) is 10.1. The Kier molecular flexibility index (Phi) is 3.86. The lowest BCUT2D eigenvalue weighted by atomic mass is 10.1.